The molecule has 2 nitrogen and oxygen atoms in total. The van der Waals surface area contributed by atoms with Crippen molar-refractivity contribution in [1.29, 1.82) is 0 Å². The minimum absolute atomic E-state index is 0.566. The minimum Gasteiger partial charge on any atom is -0.345 e. The van der Waals surface area contributed by atoms with Crippen molar-refractivity contribution in [3.8, 4) is 16.8 Å². The highest BCUT2D eigenvalue weighted by atomic mass is 15.1. The zero-order valence-electron chi connectivity index (χ0n) is 31.1. The number of fused-ring (bicyclic) bond motifs is 13. The predicted octanol–water partition coefficient (Wildman–Crippen LogP) is 13.1. The van der Waals surface area contributed by atoms with Gasteiger partial charge >= 0.3 is 0 Å². The lowest BCUT2D eigenvalue weighted by Crippen LogP contribution is -2.35. The van der Waals surface area contributed by atoms with Crippen LogP contribution in [0.15, 0.2) is 170 Å². The van der Waals surface area contributed by atoms with Crippen LogP contribution >= 0.6 is 0 Å². The van der Waals surface area contributed by atoms with Gasteiger partial charge < -0.3 is 9.47 Å². The van der Waals surface area contributed by atoms with Gasteiger partial charge in [-0.2, -0.15) is 0 Å². The molecule has 10 rings (SSSR count). The summed E-state index contributed by atoms with van der Waals surface area (Å²) < 4.78 is 2.55. The standard InChI is InChI=1S/C52H42N2/c1-5-15-35(16-6-2)36-25-27-38(28-26-36)53(4)39-29-30-42-41-19-9-11-21-45(41)52(47(42)33-39)46-22-12-14-24-50(46)54-49-23-13-10-20-43(49)44-32-37-17-7-8-18-40(37)34(3)31-48(52)51(44)54/h5,7-31,33H,3,6,32H2,1-2,4H3/b15-5-,35-16+,48-31+. The van der Waals surface area contributed by atoms with Gasteiger partial charge in [-0.25, -0.2) is 0 Å². The average Bonchev–Trinajstić information content (AvgIpc) is 3.69. The van der Waals surface area contributed by atoms with Crippen LogP contribution in [0, 0.1) is 0 Å². The Morgan fingerprint density at radius 1 is 0.741 bits per heavy atom. The molecule has 1 atom stereocenters. The molecule has 2 aliphatic carbocycles. The average molecular weight is 695 g/mol. The van der Waals surface area contributed by atoms with Crippen molar-refractivity contribution in [2.45, 2.75) is 32.1 Å². The number of aromatic nitrogens is 1. The first-order valence-corrected chi connectivity index (χ1v) is 19.2. The Morgan fingerprint density at radius 2 is 1.43 bits per heavy atom. The number of hydrogen-bond donors (Lipinski definition) is 0. The van der Waals surface area contributed by atoms with Crippen molar-refractivity contribution in [3.05, 3.63) is 215 Å². The highest BCUT2D eigenvalue weighted by Gasteiger charge is 2.53. The van der Waals surface area contributed by atoms with E-state index in [4.69, 9.17) is 6.58 Å². The molecular formula is C52H42N2. The van der Waals surface area contributed by atoms with Crippen LogP contribution < -0.4 is 4.90 Å². The van der Waals surface area contributed by atoms with Crippen molar-refractivity contribution in [1.82, 2.24) is 4.57 Å². The summed E-state index contributed by atoms with van der Waals surface area (Å²) in [6.45, 7) is 9.06. The lowest BCUT2D eigenvalue weighted by atomic mass is 9.63. The molecule has 3 aliphatic rings. The minimum atomic E-state index is -0.566. The molecule has 0 amide bonds. The van der Waals surface area contributed by atoms with Crippen molar-refractivity contribution >= 4 is 39.0 Å². The first-order valence-electron chi connectivity index (χ1n) is 19.2. The van der Waals surface area contributed by atoms with Gasteiger partial charge in [0.1, 0.15) is 0 Å². The van der Waals surface area contributed by atoms with E-state index in [1.807, 2.05) is 0 Å². The van der Waals surface area contributed by atoms with Gasteiger partial charge in [0.25, 0.3) is 0 Å². The van der Waals surface area contributed by atoms with Crippen molar-refractivity contribution in [2.24, 2.45) is 0 Å². The van der Waals surface area contributed by atoms with E-state index in [0.717, 1.165) is 29.8 Å². The van der Waals surface area contributed by atoms with Crippen LogP contribution in [0.5, 0.6) is 0 Å². The molecule has 1 aromatic heterocycles. The molecule has 1 unspecified atom stereocenters. The molecule has 7 aromatic rings. The molecule has 0 radical (unpaired) electrons. The Balaban J connectivity index is 1.25. The van der Waals surface area contributed by atoms with E-state index in [-0.39, 0.29) is 0 Å². The fourth-order valence-corrected chi connectivity index (χ4v) is 9.70. The van der Waals surface area contributed by atoms with E-state index in [1.165, 1.54) is 83.5 Å². The van der Waals surface area contributed by atoms with Gasteiger partial charge in [0, 0.05) is 30.2 Å². The maximum Gasteiger partial charge on any atom is 0.0755 e. The number of anilines is 2. The van der Waals surface area contributed by atoms with E-state index < -0.39 is 5.41 Å². The first-order chi connectivity index (χ1) is 26.5. The maximum absolute atomic E-state index is 4.78. The van der Waals surface area contributed by atoms with Crippen LogP contribution in [-0.4, -0.2) is 11.6 Å². The summed E-state index contributed by atoms with van der Waals surface area (Å²) in [6.07, 6.45) is 10.9. The number of rotatable bonds is 5. The molecule has 6 aromatic carbocycles. The predicted molar refractivity (Wildman–Crippen MR) is 229 cm³/mol. The van der Waals surface area contributed by atoms with Gasteiger partial charge in [-0.05, 0) is 123 Å². The molecule has 2 heteroatoms. The van der Waals surface area contributed by atoms with E-state index in [9.17, 15) is 0 Å². The lowest BCUT2D eigenvalue weighted by Gasteiger charge is -2.42. The van der Waals surface area contributed by atoms with Gasteiger partial charge in [0.2, 0.25) is 0 Å². The van der Waals surface area contributed by atoms with Gasteiger partial charge in [0.15, 0.2) is 0 Å². The third-order valence-corrected chi connectivity index (χ3v) is 12.0. The zero-order valence-corrected chi connectivity index (χ0v) is 31.1. The fraction of sp³-hybridized carbons (Fsp3) is 0.115. The molecule has 0 saturated carbocycles. The molecule has 0 N–H and O–H groups in total. The summed E-state index contributed by atoms with van der Waals surface area (Å²) in [4.78, 5) is 2.33. The molecule has 1 spiro atoms. The second-order valence-corrected chi connectivity index (χ2v) is 14.8. The second-order valence-electron chi connectivity index (χ2n) is 14.8. The van der Waals surface area contributed by atoms with Crippen LogP contribution in [0.4, 0.5) is 11.4 Å². The van der Waals surface area contributed by atoms with Gasteiger partial charge in [0.05, 0.1) is 22.3 Å². The summed E-state index contributed by atoms with van der Waals surface area (Å²) in [7, 11) is 2.19. The quantitative estimate of drug-likeness (QED) is 0.163. The van der Waals surface area contributed by atoms with Crippen LogP contribution in [0.3, 0.4) is 0 Å². The fourth-order valence-electron chi connectivity index (χ4n) is 9.70. The number of allylic oxidation sites excluding steroid dienone is 7. The topological polar surface area (TPSA) is 8.17 Å². The highest BCUT2D eigenvalue weighted by molar-refractivity contribution is 6.06. The molecule has 260 valence electrons. The molecule has 54 heavy (non-hydrogen) atoms. The van der Waals surface area contributed by atoms with Crippen molar-refractivity contribution < 1.29 is 0 Å². The molecule has 0 fully saturated rings. The maximum atomic E-state index is 4.78. The molecule has 0 saturated heterocycles. The first kappa shape index (κ1) is 32.3. The third-order valence-electron chi connectivity index (χ3n) is 12.0. The Morgan fingerprint density at radius 3 is 2.24 bits per heavy atom. The molecule has 0 bridgehead atoms. The number of para-hydroxylation sites is 2. The number of hydrogen-bond acceptors (Lipinski definition) is 1. The summed E-state index contributed by atoms with van der Waals surface area (Å²) >= 11 is 0. The third kappa shape index (κ3) is 4.47. The largest absolute Gasteiger partial charge is 0.345 e. The van der Waals surface area contributed by atoms with Crippen LogP contribution in [-0.2, 0) is 11.8 Å². The molecular weight excluding hydrogens is 653 g/mol. The lowest BCUT2D eigenvalue weighted by molar-refractivity contribution is 0.774. The van der Waals surface area contributed by atoms with E-state index in [1.54, 1.807) is 0 Å². The smallest absolute Gasteiger partial charge is 0.0755 e. The monoisotopic (exact) mass is 694 g/mol. The van der Waals surface area contributed by atoms with Crippen molar-refractivity contribution in [3.63, 3.8) is 0 Å². The van der Waals surface area contributed by atoms with Gasteiger partial charge in [-0.1, -0.05) is 135 Å². The SMILES string of the molecule is C=C1/C=C2\c3c(c4ccccc4n3-c3ccccc3C23c2ccccc2-c2ccc(N(C)c4ccc(C(/C=C\C)=C/CC)cc4)cc23)Cc2ccccc21. The summed E-state index contributed by atoms with van der Waals surface area (Å²) in [5.74, 6) is 0. The Kier molecular flexibility index (Phi) is 7.39. The van der Waals surface area contributed by atoms with E-state index in [0.29, 0.717) is 0 Å². The van der Waals surface area contributed by atoms with Gasteiger partial charge in [-0.3, -0.25) is 0 Å². The zero-order chi connectivity index (χ0) is 36.6. The normalized spacial score (nSPS) is 17.6. The summed E-state index contributed by atoms with van der Waals surface area (Å²) in [6, 6.07) is 52.2. The summed E-state index contributed by atoms with van der Waals surface area (Å²) in [5.41, 5.74) is 20.8. The van der Waals surface area contributed by atoms with Crippen LogP contribution in [0.2, 0.25) is 0 Å². The molecule has 2 heterocycles. The van der Waals surface area contributed by atoms with Gasteiger partial charge in [-0.15, -0.1) is 0 Å². The van der Waals surface area contributed by atoms with E-state index >= 15 is 0 Å². The van der Waals surface area contributed by atoms with Crippen LogP contribution in [0.1, 0.15) is 64.9 Å². The molecule has 1 aliphatic heterocycles. The second kappa shape index (κ2) is 12.4. The Bertz CT molecular complexity index is 2770. The van der Waals surface area contributed by atoms with E-state index in [2.05, 4.69) is 194 Å². The summed E-state index contributed by atoms with van der Waals surface area (Å²) in [5, 5.41) is 1.31. The Hall–Kier alpha value is -6.38. The van der Waals surface area contributed by atoms with Crippen molar-refractivity contribution in [2.75, 3.05) is 11.9 Å². The number of benzene rings is 6. The Labute approximate surface area is 318 Å². The highest BCUT2D eigenvalue weighted by Crippen LogP contribution is 2.64. The van der Waals surface area contributed by atoms with Crippen LogP contribution in [0.25, 0.3) is 44.4 Å². The number of nitrogens with zero attached hydrogens (tertiary/aromatic N) is 2.